The van der Waals surface area contributed by atoms with Crippen molar-refractivity contribution in [2.45, 2.75) is 11.8 Å². The van der Waals surface area contributed by atoms with Crippen LogP contribution in [0.3, 0.4) is 0 Å². The van der Waals surface area contributed by atoms with Gasteiger partial charge in [0.05, 0.1) is 19.3 Å². The van der Waals surface area contributed by atoms with Crippen molar-refractivity contribution in [3.8, 4) is 5.88 Å². The van der Waals surface area contributed by atoms with Gasteiger partial charge >= 0.3 is 0 Å². The first-order valence-electron chi connectivity index (χ1n) is 3.48. The quantitative estimate of drug-likeness (QED) is 0.474. The van der Waals surface area contributed by atoms with Crippen molar-refractivity contribution in [3.05, 3.63) is 10.7 Å². The lowest BCUT2D eigenvalue weighted by molar-refractivity contribution is 0.270. The normalized spacial score (nSPS) is 10.2. The maximum Gasteiger partial charge on any atom is 0.224 e. The zero-order valence-electron chi connectivity index (χ0n) is 7.24. The Kier molecular flexibility index (Phi) is 3.77. The molecule has 72 valence electrons. The number of hydrogen-bond acceptors (Lipinski definition) is 5. The van der Waals surface area contributed by atoms with Crippen LogP contribution in [0.15, 0.2) is 5.16 Å². The van der Waals surface area contributed by atoms with Gasteiger partial charge in [0.15, 0.2) is 5.16 Å². The van der Waals surface area contributed by atoms with Gasteiger partial charge in [-0.3, -0.25) is 0 Å². The molecule has 0 aliphatic heterocycles. The molecule has 0 spiro atoms. The number of halogens is 1. The lowest BCUT2D eigenvalue weighted by atomic mass is 10.3. The molecule has 1 aromatic rings. The molecule has 13 heavy (non-hydrogen) atoms. The predicted molar refractivity (Wildman–Crippen MR) is 51.3 cm³/mol. The standard InChI is InChI=1S/C7H9ClN2O2S/c1-12-6-4(3-11)5(8)9-7(10-6)13-2/h11H,3H2,1-2H3. The molecule has 1 N–H and O–H groups in total. The van der Waals surface area contributed by atoms with Gasteiger partial charge in [0.25, 0.3) is 0 Å². The Morgan fingerprint density at radius 3 is 2.69 bits per heavy atom. The fourth-order valence-electron chi connectivity index (χ4n) is 0.812. The average molecular weight is 221 g/mol. The van der Waals surface area contributed by atoms with Crippen LogP contribution in [0.1, 0.15) is 5.56 Å². The molecule has 0 aliphatic carbocycles. The van der Waals surface area contributed by atoms with E-state index < -0.39 is 0 Å². The number of aromatic nitrogens is 2. The number of aliphatic hydroxyl groups excluding tert-OH is 1. The number of methoxy groups -OCH3 is 1. The molecule has 0 fully saturated rings. The molecule has 6 heteroatoms. The summed E-state index contributed by atoms with van der Waals surface area (Å²) < 4.78 is 4.95. The minimum atomic E-state index is -0.226. The Morgan fingerprint density at radius 2 is 2.23 bits per heavy atom. The molecule has 0 radical (unpaired) electrons. The molecule has 0 bridgehead atoms. The van der Waals surface area contributed by atoms with Crippen LogP contribution in [0.4, 0.5) is 0 Å². The van der Waals surface area contributed by atoms with Gasteiger partial charge in [-0.2, -0.15) is 4.98 Å². The topological polar surface area (TPSA) is 55.2 Å². The van der Waals surface area contributed by atoms with E-state index in [-0.39, 0.29) is 11.8 Å². The van der Waals surface area contributed by atoms with Gasteiger partial charge in [-0.25, -0.2) is 4.98 Å². The Morgan fingerprint density at radius 1 is 1.54 bits per heavy atom. The summed E-state index contributed by atoms with van der Waals surface area (Å²) in [5.41, 5.74) is 0.418. The van der Waals surface area contributed by atoms with Gasteiger partial charge < -0.3 is 9.84 Å². The van der Waals surface area contributed by atoms with Crippen LogP contribution in [0, 0.1) is 0 Å². The molecular formula is C7H9ClN2O2S. The van der Waals surface area contributed by atoms with Crippen LogP contribution < -0.4 is 4.74 Å². The van der Waals surface area contributed by atoms with E-state index in [1.807, 2.05) is 6.26 Å². The zero-order valence-corrected chi connectivity index (χ0v) is 8.82. The minimum Gasteiger partial charge on any atom is -0.481 e. The summed E-state index contributed by atoms with van der Waals surface area (Å²) in [5.74, 6) is 0.326. The summed E-state index contributed by atoms with van der Waals surface area (Å²) in [6.07, 6.45) is 1.84. The van der Waals surface area contributed by atoms with E-state index in [1.165, 1.54) is 18.9 Å². The number of thioether (sulfide) groups is 1. The highest BCUT2D eigenvalue weighted by molar-refractivity contribution is 7.98. The molecular weight excluding hydrogens is 212 g/mol. The maximum atomic E-state index is 8.94. The Labute approximate surface area is 85.3 Å². The Bertz CT molecular complexity index is 309. The van der Waals surface area contributed by atoms with Crippen LogP contribution in [0.25, 0.3) is 0 Å². The summed E-state index contributed by atoms with van der Waals surface area (Å²) in [6, 6.07) is 0. The van der Waals surface area contributed by atoms with E-state index in [0.29, 0.717) is 16.6 Å². The maximum absolute atomic E-state index is 8.94. The molecule has 0 aliphatic rings. The molecule has 0 aromatic carbocycles. The summed E-state index contributed by atoms with van der Waals surface area (Å²) in [4.78, 5) is 7.97. The molecule has 1 rings (SSSR count). The van der Waals surface area contributed by atoms with Gasteiger partial charge in [0.1, 0.15) is 5.15 Å². The molecule has 0 amide bonds. The fourth-order valence-corrected chi connectivity index (χ4v) is 1.44. The second kappa shape index (κ2) is 4.64. The number of aliphatic hydroxyl groups is 1. The van der Waals surface area contributed by atoms with Gasteiger partial charge in [-0.1, -0.05) is 23.4 Å². The summed E-state index contributed by atoms with van der Waals surface area (Å²) in [7, 11) is 1.47. The third kappa shape index (κ3) is 2.24. The minimum absolute atomic E-state index is 0.226. The molecule has 0 saturated heterocycles. The van der Waals surface area contributed by atoms with Gasteiger partial charge in [-0.15, -0.1) is 0 Å². The SMILES string of the molecule is COc1nc(SC)nc(Cl)c1CO. The first-order chi connectivity index (χ1) is 6.22. The third-order valence-electron chi connectivity index (χ3n) is 1.43. The monoisotopic (exact) mass is 220 g/mol. The van der Waals surface area contributed by atoms with E-state index in [9.17, 15) is 0 Å². The second-order valence-electron chi connectivity index (χ2n) is 2.15. The number of rotatable bonds is 3. The van der Waals surface area contributed by atoms with Crippen LogP contribution >= 0.6 is 23.4 Å². The van der Waals surface area contributed by atoms with E-state index >= 15 is 0 Å². The summed E-state index contributed by atoms with van der Waals surface area (Å²) in [5, 5.41) is 9.70. The molecule has 1 heterocycles. The van der Waals surface area contributed by atoms with Crippen molar-refractivity contribution in [3.63, 3.8) is 0 Å². The number of hydrogen-bond donors (Lipinski definition) is 1. The molecule has 1 aromatic heterocycles. The van der Waals surface area contributed by atoms with Gasteiger partial charge in [0.2, 0.25) is 5.88 Å². The molecule has 0 saturated carbocycles. The Hall–Kier alpha value is -0.520. The molecule has 4 nitrogen and oxygen atoms in total. The fraction of sp³-hybridized carbons (Fsp3) is 0.429. The van der Waals surface area contributed by atoms with Crippen molar-refractivity contribution in [1.82, 2.24) is 9.97 Å². The van der Waals surface area contributed by atoms with Crippen molar-refractivity contribution in [2.24, 2.45) is 0 Å². The van der Waals surface area contributed by atoms with Crippen molar-refractivity contribution < 1.29 is 9.84 Å². The first-order valence-corrected chi connectivity index (χ1v) is 5.08. The van der Waals surface area contributed by atoms with E-state index in [2.05, 4.69) is 9.97 Å². The third-order valence-corrected chi connectivity index (χ3v) is 2.29. The lowest BCUT2D eigenvalue weighted by Crippen LogP contribution is -2.00. The van der Waals surface area contributed by atoms with E-state index in [1.54, 1.807) is 0 Å². The smallest absolute Gasteiger partial charge is 0.224 e. The number of nitrogens with zero attached hydrogens (tertiary/aromatic N) is 2. The zero-order chi connectivity index (χ0) is 9.84. The van der Waals surface area contributed by atoms with Gasteiger partial charge in [0, 0.05) is 0 Å². The average Bonchev–Trinajstić information content (AvgIpc) is 2.16. The van der Waals surface area contributed by atoms with Crippen LogP contribution in [-0.4, -0.2) is 28.4 Å². The lowest BCUT2D eigenvalue weighted by Gasteiger charge is -2.07. The van der Waals surface area contributed by atoms with Crippen molar-refractivity contribution in [1.29, 1.82) is 0 Å². The van der Waals surface area contributed by atoms with Crippen molar-refractivity contribution in [2.75, 3.05) is 13.4 Å². The largest absolute Gasteiger partial charge is 0.481 e. The van der Waals surface area contributed by atoms with Crippen LogP contribution in [-0.2, 0) is 6.61 Å². The van der Waals surface area contributed by atoms with Gasteiger partial charge in [-0.05, 0) is 6.26 Å². The van der Waals surface area contributed by atoms with E-state index in [0.717, 1.165) is 0 Å². The highest BCUT2D eigenvalue weighted by atomic mass is 35.5. The summed E-state index contributed by atoms with van der Waals surface area (Å²) in [6.45, 7) is -0.226. The first kappa shape index (κ1) is 10.6. The molecule has 0 unspecified atom stereocenters. The van der Waals surface area contributed by atoms with Crippen molar-refractivity contribution >= 4 is 23.4 Å². The number of ether oxygens (including phenoxy) is 1. The predicted octanol–water partition coefficient (Wildman–Crippen LogP) is 1.35. The highest BCUT2D eigenvalue weighted by Crippen LogP contribution is 2.25. The second-order valence-corrected chi connectivity index (χ2v) is 3.28. The Balaban J connectivity index is 3.20. The summed E-state index contributed by atoms with van der Waals surface area (Å²) >= 11 is 7.15. The van der Waals surface area contributed by atoms with E-state index in [4.69, 9.17) is 21.4 Å². The highest BCUT2D eigenvalue weighted by Gasteiger charge is 2.11. The van der Waals surface area contributed by atoms with Crippen LogP contribution in [0.2, 0.25) is 5.15 Å². The molecule has 0 atom stereocenters. The van der Waals surface area contributed by atoms with Crippen LogP contribution in [0.5, 0.6) is 5.88 Å².